The van der Waals surface area contributed by atoms with Gasteiger partial charge in [-0.3, -0.25) is 0 Å². The van der Waals surface area contributed by atoms with Crippen molar-refractivity contribution in [3.05, 3.63) is 18.2 Å². The van der Waals surface area contributed by atoms with Gasteiger partial charge >= 0.3 is 25.9 Å². The van der Waals surface area contributed by atoms with E-state index in [4.69, 9.17) is 0 Å². The van der Waals surface area contributed by atoms with Crippen LogP contribution in [0.3, 0.4) is 0 Å². The van der Waals surface area contributed by atoms with Gasteiger partial charge in [0.25, 0.3) is 10.0 Å². The SMILES string of the molecule is CCCCCCCCCCCCCCCCCCn1ccnc1CCCCCCCCCCCCCCCCC.NS(=O)(=O)C1(F)C(F)(F)C1(F)S(=O)(=O)N(F)F. The number of halogens is 6. The van der Waals surface area contributed by atoms with Crippen LogP contribution in [0.1, 0.15) is 219 Å². The van der Waals surface area contributed by atoms with Crippen LogP contribution in [0.15, 0.2) is 12.4 Å². The Balaban J connectivity index is 0.000000792. The largest absolute Gasteiger partial charge is 0.355 e. The number of aromatic nitrogens is 2. The van der Waals surface area contributed by atoms with Gasteiger partial charge in [-0.05, 0) is 12.8 Å². The van der Waals surface area contributed by atoms with Crippen LogP contribution >= 0.6 is 0 Å². The lowest BCUT2D eigenvalue weighted by Gasteiger charge is -2.08. The van der Waals surface area contributed by atoms with E-state index in [-0.39, 0.29) is 0 Å². The van der Waals surface area contributed by atoms with Crippen molar-refractivity contribution in [2.75, 3.05) is 0 Å². The lowest BCUT2D eigenvalue weighted by molar-refractivity contribution is -0.0610. The second-order valence-corrected chi connectivity index (χ2v) is 19.5. The molecule has 1 aromatic heterocycles. The zero-order chi connectivity index (χ0) is 42.7. The Bertz CT molecular complexity index is 1390. The van der Waals surface area contributed by atoms with Crippen molar-refractivity contribution in [2.45, 2.75) is 242 Å². The summed E-state index contributed by atoms with van der Waals surface area (Å²) in [6.07, 6.45) is 49.9. The van der Waals surface area contributed by atoms with E-state index in [1.54, 1.807) is 0 Å². The molecule has 0 spiro atoms. The molecular formula is C41H76F6N4O4S2. The molecule has 2 unspecified atom stereocenters. The average Bonchev–Trinajstić information content (AvgIpc) is 3.41. The molecule has 8 nitrogen and oxygen atoms in total. The van der Waals surface area contributed by atoms with Crippen LogP contribution in [0.5, 0.6) is 0 Å². The molecule has 57 heavy (non-hydrogen) atoms. The van der Waals surface area contributed by atoms with Gasteiger partial charge in [0, 0.05) is 25.4 Å². The first kappa shape index (κ1) is 53.6. The van der Waals surface area contributed by atoms with Gasteiger partial charge in [0.15, 0.2) is 0 Å². The quantitative estimate of drug-likeness (QED) is 0.0410. The summed E-state index contributed by atoms with van der Waals surface area (Å²) < 4.78 is 116. The number of hydrogen-bond donors (Lipinski definition) is 1. The summed E-state index contributed by atoms with van der Waals surface area (Å²) in [4.78, 5) is 4.67. The molecule has 0 saturated heterocycles. The number of alkyl halides is 4. The number of rotatable bonds is 36. The van der Waals surface area contributed by atoms with Crippen molar-refractivity contribution in [1.29, 1.82) is 0 Å². The molecule has 1 aromatic rings. The van der Waals surface area contributed by atoms with Crippen LogP contribution in [-0.4, -0.2) is 47.1 Å². The highest BCUT2D eigenvalue weighted by atomic mass is 32.2. The highest BCUT2D eigenvalue weighted by Crippen LogP contribution is 2.72. The molecule has 1 heterocycles. The Morgan fingerprint density at radius 2 is 0.860 bits per heavy atom. The molecule has 0 amide bonds. The predicted molar refractivity (Wildman–Crippen MR) is 219 cm³/mol. The van der Waals surface area contributed by atoms with Crippen molar-refractivity contribution in [2.24, 2.45) is 5.14 Å². The van der Waals surface area contributed by atoms with Gasteiger partial charge in [0.2, 0.25) is 0 Å². The first-order valence-electron chi connectivity index (χ1n) is 22.2. The third-order valence-corrected chi connectivity index (χ3v) is 14.2. The Kier molecular flexibility index (Phi) is 27.3. The van der Waals surface area contributed by atoms with E-state index in [9.17, 15) is 43.4 Å². The molecule has 0 bridgehead atoms. The van der Waals surface area contributed by atoms with Gasteiger partial charge in [0.1, 0.15) is 10.6 Å². The van der Waals surface area contributed by atoms with E-state index in [0.717, 1.165) is 0 Å². The Morgan fingerprint density at radius 3 is 1.16 bits per heavy atom. The van der Waals surface area contributed by atoms with E-state index >= 15 is 0 Å². The minimum absolute atomic E-state index is 1.17. The maximum Gasteiger partial charge on any atom is 0.355 e. The number of hydrogen-bond acceptors (Lipinski definition) is 5. The fraction of sp³-hybridized carbons (Fsp3) is 0.927. The standard InChI is InChI=1S/C38H74N2.C3H2F6N2O4S2/c1-3-5-7-9-11-13-15-17-19-21-23-25-27-29-31-33-36-40-37-35-39-38(40)34-32-30-28-26-24-22-20-18-16-14-12-10-8-6-4-2;4-1(5)2(6,16(10,12)13)3(1,7)17(14,15)11(8)9/h35,37H,3-34,36H2,1-2H3;(H2,10,12,13). The van der Waals surface area contributed by atoms with E-state index in [1.807, 2.05) is 6.20 Å². The van der Waals surface area contributed by atoms with E-state index in [0.29, 0.717) is 0 Å². The molecule has 2 atom stereocenters. The normalized spacial score (nSPS) is 19.2. The van der Waals surface area contributed by atoms with Gasteiger partial charge in [-0.1, -0.05) is 209 Å². The highest BCUT2D eigenvalue weighted by Gasteiger charge is 3.08. The number of unbranched alkanes of at least 4 members (excludes halogenated alkanes) is 29. The number of imidazole rings is 1. The van der Waals surface area contributed by atoms with Crippen molar-refractivity contribution >= 4 is 20.0 Å². The molecule has 1 aliphatic rings. The molecule has 0 radical (unpaired) electrons. The summed E-state index contributed by atoms with van der Waals surface area (Å²) >= 11 is 0. The van der Waals surface area contributed by atoms with Crippen molar-refractivity contribution < 1.29 is 43.4 Å². The zero-order valence-corrected chi connectivity index (χ0v) is 36.8. The number of primary sulfonamides is 1. The van der Waals surface area contributed by atoms with Crippen LogP contribution in [0.4, 0.5) is 26.5 Å². The number of nitrogens with two attached hydrogens (primary N) is 1. The molecule has 2 rings (SSSR count). The molecule has 1 saturated carbocycles. The fourth-order valence-electron chi connectivity index (χ4n) is 7.41. The van der Waals surface area contributed by atoms with Gasteiger partial charge in [-0.25, -0.2) is 35.7 Å². The van der Waals surface area contributed by atoms with Gasteiger partial charge < -0.3 is 4.57 Å². The molecule has 338 valence electrons. The lowest BCUT2D eigenvalue weighted by Crippen LogP contribution is -2.40. The Hall–Kier alpha value is -1.39. The van der Waals surface area contributed by atoms with Crippen molar-refractivity contribution in [1.82, 2.24) is 14.3 Å². The van der Waals surface area contributed by atoms with Crippen LogP contribution in [0.25, 0.3) is 0 Å². The lowest BCUT2D eigenvalue weighted by atomic mass is 10.0. The van der Waals surface area contributed by atoms with Crippen LogP contribution in [0.2, 0.25) is 0 Å². The highest BCUT2D eigenvalue weighted by molar-refractivity contribution is 7.95. The number of aryl methyl sites for hydroxylation is 2. The van der Waals surface area contributed by atoms with Crippen LogP contribution in [-0.2, 0) is 33.0 Å². The minimum Gasteiger partial charge on any atom is -0.335 e. The summed E-state index contributed by atoms with van der Waals surface area (Å²) in [5.74, 6) is -4.42. The third kappa shape index (κ3) is 17.6. The summed E-state index contributed by atoms with van der Waals surface area (Å²) in [5.41, 5.74) is 0. The first-order chi connectivity index (χ1) is 27.1. The summed E-state index contributed by atoms with van der Waals surface area (Å²) in [6.45, 7) is 5.78. The molecular weight excluding hydrogens is 791 g/mol. The molecule has 0 aliphatic heterocycles. The van der Waals surface area contributed by atoms with E-state index < -0.39 is 40.7 Å². The number of nitrogens with zero attached hydrogens (tertiary/aromatic N) is 3. The average molecular weight is 867 g/mol. The maximum absolute atomic E-state index is 13.2. The summed E-state index contributed by atoms with van der Waals surface area (Å²) in [5, 5.41) is -7.25. The second kappa shape index (κ2) is 29.0. The maximum atomic E-state index is 13.2. The molecule has 0 aromatic carbocycles. The smallest absolute Gasteiger partial charge is 0.335 e. The minimum atomic E-state index is -6.85. The molecule has 2 N–H and O–H groups in total. The second-order valence-electron chi connectivity index (χ2n) is 16.0. The van der Waals surface area contributed by atoms with Crippen molar-refractivity contribution in [3.8, 4) is 0 Å². The summed E-state index contributed by atoms with van der Waals surface area (Å²) in [7, 11) is -12.9. The van der Waals surface area contributed by atoms with Gasteiger partial charge in [-0.2, -0.15) is 8.78 Å². The van der Waals surface area contributed by atoms with Crippen LogP contribution in [0, 0.1) is 0 Å². The topological polar surface area (TPSA) is 115 Å². The van der Waals surface area contributed by atoms with Crippen molar-refractivity contribution in [3.63, 3.8) is 0 Å². The first-order valence-corrected chi connectivity index (χ1v) is 25.2. The predicted octanol–water partition coefficient (Wildman–Crippen LogP) is 13.2. The molecule has 1 fully saturated rings. The molecule has 1 aliphatic carbocycles. The van der Waals surface area contributed by atoms with Gasteiger partial charge in [0.05, 0.1) is 0 Å². The monoisotopic (exact) mass is 867 g/mol. The third-order valence-electron chi connectivity index (χ3n) is 11.1. The Labute approximate surface area is 341 Å². The van der Waals surface area contributed by atoms with Gasteiger partial charge in [-0.15, -0.1) is 0 Å². The van der Waals surface area contributed by atoms with E-state index in [1.165, 1.54) is 218 Å². The number of sulfonamides is 2. The Morgan fingerprint density at radius 1 is 0.544 bits per heavy atom. The zero-order valence-electron chi connectivity index (χ0n) is 35.1. The summed E-state index contributed by atoms with van der Waals surface area (Å²) in [6, 6.07) is 0. The van der Waals surface area contributed by atoms with E-state index in [2.05, 4.69) is 34.7 Å². The van der Waals surface area contributed by atoms with Crippen LogP contribution < -0.4 is 5.14 Å². The molecule has 16 heteroatoms. The fourth-order valence-corrected chi connectivity index (χ4v) is 10.1.